The van der Waals surface area contributed by atoms with E-state index in [9.17, 15) is 5.11 Å². The topological polar surface area (TPSA) is 61.3 Å². The van der Waals surface area contributed by atoms with Gasteiger partial charge in [0.1, 0.15) is 16.5 Å². The number of aliphatic hydroxyl groups excluding tert-OH is 1. The standard InChI is InChI=1S/C14H22N4OS/c1-4-6-15-13-11-5-7-20-14(11)17-12(16-13)8-18(3)10(2)9-19/h5,7,10,19H,4,6,8-9H2,1-3H3,(H,15,16,17). The number of nitrogens with zero attached hydrogens (tertiary/aromatic N) is 3. The van der Waals surface area contributed by atoms with Gasteiger partial charge in [0.25, 0.3) is 0 Å². The van der Waals surface area contributed by atoms with Crippen LogP contribution in [0.4, 0.5) is 5.82 Å². The first-order chi connectivity index (χ1) is 9.65. The summed E-state index contributed by atoms with van der Waals surface area (Å²) in [6.45, 7) is 5.80. The summed E-state index contributed by atoms with van der Waals surface area (Å²) in [5.41, 5.74) is 0. The van der Waals surface area contributed by atoms with E-state index in [1.807, 2.05) is 19.4 Å². The summed E-state index contributed by atoms with van der Waals surface area (Å²) in [4.78, 5) is 12.3. The summed E-state index contributed by atoms with van der Waals surface area (Å²) >= 11 is 1.63. The van der Waals surface area contributed by atoms with Crippen molar-refractivity contribution in [2.24, 2.45) is 0 Å². The van der Waals surface area contributed by atoms with E-state index >= 15 is 0 Å². The van der Waals surface area contributed by atoms with Crippen molar-refractivity contribution in [1.29, 1.82) is 0 Å². The van der Waals surface area contributed by atoms with Crippen LogP contribution in [0.2, 0.25) is 0 Å². The number of aliphatic hydroxyl groups is 1. The zero-order valence-corrected chi connectivity index (χ0v) is 13.1. The molecule has 2 rings (SSSR count). The maximum absolute atomic E-state index is 9.20. The van der Waals surface area contributed by atoms with Crippen LogP contribution in [0, 0.1) is 0 Å². The van der Waals surface area contributed by atoms with Crippen LogP contribution in [-0.2, 0) is 6.54 Å². The highest BCUT2D eigenvalue weighted by Crippen LogP contribution is 2.25. The van der Waals surface area contributed by atoms with E-state index in [-0.39, 0.29) is 12.6 Å². The van der Waals surface area contributed by atoms with Gasteiger partial charge < -0.3 is 10.4 Å². The van der Waals surface area contributed by atoms with Crippen molar-refractivity contribution in [3.05, 3.63) is 17.3 Å². The third-order valence-electron chi connectivity index (χ3n) is 3.32. The Morgan fingerprint density at radius 2 is 2.25 bits per heavy atom. The Labute approximate surface area is 123 Å². The number of anilines is 1. The lowest BCUT2D eigenvalue weighted by Crippen LogP contribution is -2.32. The number of thiophene rings is 1. The largest absolute Gasteiger partial charge is 0.395 e. The fourth-order valence-corrected chi connectivity index (χ4v) is 2.65. The molecule has 0 saturated carbocycles. The fraction of sp³-hybridized carbons (Fsp3) is 0.571. The molecule has 0 aliphatic carbocycles. The fourth-order valence-electron chi connectivity index (χ4n) is 1.87. The Balaban J connectivity index is 2.25. The van der Waals surface area contributed by atoms with E-state index in [0.29, 0.717) is 6.54 Å². The first kappa shape index (κ1) is 15.2. The smallest absolute Gasteiger partial charge is 0.146 e. The molecule has 1 unspecified atom stereocenters. The molecule has 0 fully saturated rings. The van der Waals surface area contributed by atoms with Crippen molar-refractivity contribution >= 4 is 27.4 Å². The number of hydrogen-bond donors (Lipinski definition) is 2. The van der Waals surface area contributed by atoms with Crippen LogP contribution in [-0.4, -0.2) is 46.2 Å². The zero-order valence-electron chi connectivity index (χ0n) is 12.3. The molecular formula is C14H22N4OS. The molecule has 1 atom stereocenters. The highest BCUT2D eigenvalue weighted by Gasteiger charge is 2.13. The molecule has 0 bridgehead atoms. The number of aromatic nitrogens is 2. The van der Waals surface area contributed by atoms with Crippen LogP contribution in [0.1, 0.15) is 26.1 Å². The van der Waals surface area contributed by atoms with Crippen LogP contribution in [0.15, 0.2) is 11.4 Å². The maximum Gasteiger partial charge on any atom is 0.146 e. The minimum atomic E-state index is 0.102. The van der Waals surface area contributed by atoms with Crippen LogP contribution >= 0.6 is 11.3 Å². The molecule has 20 heavy (non-hydrogen) atoms. The van der Waals surface area contributed by atoms with E-state index in [1.165, 1.54) is 0 Å². The van der Waals surface area contributed by atoms with Gasteiger partial charge in [0.05, 0.1) is 18.5 Å². The number of likely N-dealkylation sites (N-methyl/N-ethyl adjacent to an activating group) is 1. The Morgan fingerprint density at radius 3 is 2.95 bits per heavy atom. The highest BCUT2D eigenvalue weighted by molar-refractivity contribution is 7.16. The molecule has 5 nitrogen and oxygen atoms in total. The van der Waals surface area contributed by atoms with Crippen molar-refractivity contribution in [3.8, 4) is 0 Å². The van der Waals surface area contributed by atoms with E-state index < -0.39 is 0 Å². The van der Waals surface area contributed by atoms with E-state index in [0.717, 1.165) is 34.8 Å². The Bertz CT molecular complexity index is 557. The molecule has 0 aliphatic rings. The van der Waals surface area contributed by atoms with E-state index in [2.05, 4.69) is 33.2 Å². The van der Waals surface area contributed by atoms with Gasteiger partial charge >= 0.3 is 0 Å². The predicted octanol–water partition coefficient (Wildman–Crippen LogP) is 2.33. The molecule has 2 aromatic heterocycles. The number of nitrogens with one attached hydrogen (secondary N) is 1. The summed E-state index contributed by atoms with van der Waals surface area (Å²) in [6.07, 6.45) is 1.06. The van der Waals surface area contributed by atoms with Crippen LogP contribution in [0.25, 0.3) is 10.2 Å². The zero-order chi connectivity index (χ0) is 14.5. The maximum atomic E-state index is 9.20. The molecule has 2 heterocycles. The lowest BCUT2D eigenvalue weighted by molar-refractivity contribution is 0.151. The van der Waals surface area contributed by atoms with Crippen molar-refractivity contribution in [1.82, 2.24) is 14.9 Å². The number of fused-ring (bicyclic) bond motifs is 1. The summed E-state index contributed by atoms with van der Waals surface area (Å²) in [6, 6.07) is 2.16. The molecule has 6 heteroatoms. The monoisotopic (exact) mass is 294 g/mol. The highest BCUT2D eigenvalue weighted by atomic mass is 32.1. The van der Waals surface area contributed by atoms with Crippen molar-refractivity contribution in [3.63, 3.8) is 0 Å². The molecule has 0 aliphatic heterocycles. The van der Waals surface area contributed by atoms with Gasteiger partial charge in [-0.2, -0.15) is 0 Å². The van der Waals surface area contributed by atoms with Crippen molar-refractivity contribution in [2.45, 2.75) is 32.9 Å². The number of hydrogen-bond acceptors (Lipinski definition) is 6. The molecule has 2 aromatic rings. The molecule has 0 radical (unpaired) electrons. The average molecular weight is 294 g/mol. The second-order valence-electron chi connectivity index (χ2n) is 5.00. The van der Waals surface area contributed by atoms with Gasteiger partial charge in [-0.05, 0) is 31.8 Å². The molecule has 0 spiro atoms. The second kappa shape index (κ2) is 6.97. The van der Waals surface area contributed by atoms with E-state index in [1.54, 1.807) is 11.3 Å². The quantitative estimate of drug-likeness (QED) is 0.820. The second-order valence-corrected chi connectivity index (χ2v) is 5.90. The van der Waals surface area contributed by atoms with Gasteiger partial charge in [0.2, 0.25) is 0 Å². The van der Waals surface area contributed by atoms with Gasteiger partial charge in [0, 0.05) is 12.6 Å². The van der Waals surface area contributed by atoms with Crippen LogP contribution < -0.4 is 5.32 Å². The van der Waals surface area contributed by atoms with Crippen molar-refractivity contribution in [2.75, 3.05) is 25.5 Å². The predicted molar refractivity (Wildman–Crippen MR) is 84.2 cm³/mol. The Hall–Kier alpha value is -1.24. The first-order valence-electron chi connectivity index (χ1n) is 6.94. The molecule has 0 aromatic carbocycles. The third kappa shape index (κ3) is 3.45. The van der Waals surface area contributed by atoms with Crippen LogP contribution in [0.5, 0.6) is 0 Å². The summed E-state index contributed by atoms with van der Waals surface area (Å²) in [5.74, 6) is 1.71. The minimum Gasteiger partial charge on any atom is -0.395 e. The molecule has 0 amide bonds. The molecule has 110 valence electrons. The lowest BCUT2D eigenvalue weighted by atomic mass is 10.3. The van der Waals surface area contributed by atoms with Crippen molar-refractivity contribution < 1.29 is 5.11 Å². The molecular weight excluding hydrogens is 272 g/mol. The Morgan fingerprint density at radius 1 is 1.45 bits per heavy atom. The third-order valence-corrected chi connectivity index (χ3v) is 4.13. The molecule has 0 saturated heterocycles. The summed E-state index contributed by atoms with van der Waals surface area (Å²) < 4.78 is 0. The van der Waals surface area contributed by atoms with E-state index in [4.69, 9.17) is 0 Å². The van der Waals surface area contributed by atoms with Gasteiger partial charge in [-0.3, -0.25) is 4.90 Å². The lowest BCUT2D eigenvalue weighted by Gasteiger charge is -2.22. The summed E-state index contributed by atoms with van der Waals surface area (Å²) in [7, 11) is 1.97. The SMILES string of the molecule is CCCNc1nc(CN(C)C(C)CO)nc2sccc12. The van der Waals surface area contributed by atoms with Gasteiger partial charge in [-0.15, -0.1) is 11.3 Å². The number of rotatable bonds is 7. The van der Waals surface area contributed by atoms with Crippen LogP contribution in [0.3, 0.4) is 0 Å². The van der Waals surface area contributed by atoms with Gasteiger partial charge in [-0.25, -0.2) is 9.97 Å². The normalized spacial score (nSPS) is 13.1. The van der Waals surface area contributed by atoms with Gasteiger partial charge in [0.15, 0.2) is 0 Å². The minimum absolute atomic E-state index is 0.102. The summed E-state index contributed by atoms with van der Waals surface area (Å²) in [5, 5.41) is 15.7. The van der Waals surface area contributed by atoms with Gasteiger partial charge in [-0.1, -0.05) is 6.92 Å². The molecule has 2 N–H and O–H groups in total. The first-order valence-corrected chi connectivity index (χ1v) is 7.82. The average Bonchev–Trinajstić information content (AvgIpc) is 2.92. The Kier molecular flexibility index (Phi) is 5.28.